The van der Waals surface area contributed by atoms with Crippen molar-refractivity contribution in [3.05, 3.63) is 52.2 Å². The van der Waals surface area contributed by atoms with E-state index < -0.39 is 10.1 Å². The van der Waals surface area contributed by atoms with E-state index in [2.05, 4.69) is 5.32 Å². The van der Waals surface area contributed by atoms with E-state index >= 15 is 0 Å². The van der Waals surface area contributed by atoms with Gasteiger partial charge in [0.25, 0.3) is 10.1 Å². The van der Waals surface area contributed by atoms with Crippen LogP contribution < -0.4 is 5.32 Å². The molecule has 0 saturated carbocycles. The van der Waals surface area contributed by atoms with Crippen LogP contribution in [-0.4, -0.2) is 31.7 Å². The number of aliphatic hydroxyl groups excluding tert-OH is 1. The van der Waals surface area contributed by atoms with Gasteiger partial charge in [0.2, 0.25) is 0 Å². The molecule has 2 rings (SSSR count). The second-order valence-corrected chi connectivity index (χ2v) is 7.11. The molecule has 7 heteroatoms. The molecule has 0 bridgehead atoms. The molecule has 22 heavy (non-hydrogen) atoms. The summed E-state index contributed by atoms with van der Waals surface area (Å²) in [7, 11) is -2.13. The second kappa shape index (κ2) is 9.02. The number of benzene rings is 1. The molecule has 5 nitrogen and oxygen atoms in total. The Labute approximate surface area is 135 Å². The summed E-state index contributed by atoms with van der Waals surface area (Å²) < 4.78 is 29.6. The van der Waals surface area contributed by atoms with Crippen molar-refractivity contribution in [1.82, 2.24) is 5.32 Å². The molecule has 0 aliphatic rings. The lowest BCUT2D eigenvalue weighted by atomic mass is 10.2. The van der Waals surface area contributed by atoms with Crippen LogP contribution in [0.4, 0.5) is 0 Å². The Bertz CT molecular complexity index is 637. The van der Waals surface area contributed by atoms with Gasteiger partial charge in [-0.1, -0.05) is 23.8 Å². The lowest BCUT2D eigenvalue weighted by Crippen LogP contribution is -2.11. The second-order valence-electron chi connectivity index (χ2n) is 4.71. The number of aryl methyl sites for hydroxylation is 1. The predicted octanol–water partition coefficient (Wildman–Crippen LogP) is 2.63. The molecule has 2 aromatic rings. The van der Waals surface area contributed by atoms with Gasteiger partial charge in [-0.15, -0.1) is 11.3 Å². The molecule has 0 aliphatic carbocycles. The molecule has 0 saturated heterocycles. The van der Waals surface area contributed by atoms with E-state index in [4.69, 9.17) is 4.55 Å². The molecule has 0 amide bonds. The van der Waals surface area contributed by atoms with Gasteiger partial charge in [-0.25, -0.2) is 0 Å². The van der Waals surface area contributed by atoms with Gasteiger partial charge >= 0.3 is 0 Å². The molecule has 0 unspecified atom stereocenters. The molecule has 1 aromatic carbocycles. The zero-order chi connectivity index (χ0) is 16.6. The maximum atomic E-state index is 10.5. The van der Waals surface area contributed by atoms with E-state index in [0.717, 1.165) is 23.4 Å². The van der Waals surface area contributed by atoms with E-state index in [1.165, 1.54) is 12.1 Å². The number of aliphatic hydroxyl groups is 1. The van der Waals surface area contributed by atoms with Crippen LogP contribution in [0.1, 0.15) is 23.0 Å². The van der Waals surface area contributed by atoms with Gasteiger partial charge in [0, 0.05) is 4.88 Å². The third-order valence-corrected chi connectivity index (χ3v) is 4.70. The van der Waals surface area contributed by atoms with Crippen LogP contribution in [0.2, 0.25) is 0 Å². The molecular formula is C15H21NO4S2. The zero-order valence-corrected chi connectivity index (χ0v) is 14.2. The van der Waals surface area contributed by atoms with Crippen LogP contribution in [0.3, 0.4) is 0 Å². The summed E-state index contributed by atoms with van der Waals surface area (Å²) in [4.78, 5) is 0.989. The normalized spacial score (nSPS) is 12.4. The first-order valence-corrected chi connectivity index (χ1v) is 9.06. The highest BCUT2D eigenvalue weighted by molar-refractivity contribution is 7.85. The fraction of sp³-hybridized carbons (Fsp3) is 0.333. The summed E-state index contributed by atoms with van der Waals surface area (Å²) >= 11 is 1.60. The number of rotatable bonds is 5. The minimum absolute atomic E-state index is 0.0666. The van der Waals surface area contributed by atoms with Crippen LogP contribution in [0.15, 0.2) is 46.7 Å². The summed E-state index contributed by atoms with van der Waals surface area (Å²) in [6.07, 6.45) is 0.499. The van der Waals surface area contributed by atoms with Gasteiger partial charge in [-0.3, -0.25) is 4.55 Å². The molecular weight excluding hydrogens is 322 g/mol. The number of hydrogen-bond acceptors (Lipinski definition) is 5. The van der Waals surface area contributed by atoms with Crippen LogP contribution in [0, 0.1) is 6.92 Å². The van der Waals surface area contributed by atoms with E-state index in [1.54, 1.807) is 23.5 Å². The minimum Gasteiger partial charge on any atom is -0.388 e. The highest BCUT2D eigenvalue weighted by Crippen LogP contribution is 2.20. The van der Waals surface area contributed by atoms with Crippen molar-refractivity contribution in [3.63, 3.8) is 0 Å². The van der Waals surface area contributed by atoms with Gasteiger partial charge < -0.3 is 10.4 Å². The Morgan fingerprint density at radius 2 is 1.86 bits per heavy atom. The highest BCUT2D eigenvalue weighted by Gasteiger charge is 2.07. The summed E-state index contributed by atoms with van der Waals surface area (Å²) in [6, 6.07) is 9.91. The summed E-state index contributed by atoms with van der Waals surface area (Å²) in [5, 5.41) is 14.5. The molecule has 3 N–H and O–H groups in total. The molecule has 1 heterocycles. The van der Waals surface area contributed by atoms with Crippen LogP contribution in [0.25, 0.3) is 0 Å². The van der Waals surface area contributed by atoms with E-state index in [-0.39, 0.29) is 11.0 Å². The Morgan fingerprint density at radius 3 is 2.32 bits per heavy atom. The van der Waals surface area contributed by atoms with Crippen LogP contribution in [0.5, 0.6) is 0 Å². The maximum Gasteiger partial charge on any atom is 0.294 e. The molecule has 0 fully saturated rings. The van der Waals surface area contributed by atoms with Gasteiger partial charge in [0.05, 0.1) is 11.0 Å². The van der Waals surface area contributed by atoms with E-state index in [1.807, 2.05) is 31.5 Å². The standard InChI is InChI=1S/C8H13NOS.C7H8O3S/c1-9-5-4-7(10)8-3-2-6-11-8;1-6-2-4-7(5-3-6)11(8,9)10/h2-3,6-7,9-10H,4-5H2,1H3;2-5H,1H3,(H,8,9,10)/t7-;/m0./s1. The molecule has 122 valence electrons. The van der Waals surface area contributed by atoms with Crippen molar-refractivity contribution in [3.8, 4) is 0 Å². The zero-order valence-electron chi connectivity index (χ0n) is 12.6. The summed E-state index contributed by atoms with van der Waals surface area (Å²) in [5.74, 6) is 0. The first-order valence-electron chi connectivity index (χ1n) is 6.75. The maximum absolute atomic E-state index is 10.5. The van der Waals surface area contributed by atoms with Crippen molar-refractivity contribution in [1.29, 1.82) is 0 Å². The SMILES string of the molecule is CNCC[C@H](O)c1cccs1.Cc1ccc(S(=O)(=O)O)cc1. The van der Waals surface area contributed by atoms with Crippen LogP contribution >= 0.6 is 11.3 Å². The molecule has 0 aliphatic heterocycles. The monoisotopic (exact) mass is 343 g/mol. The fourth-order valence-electron chi connectivity index (χ4n) is 1.61. The largest absolute Gasteiger partial charge is 0.388 e. The van der Waals surface area contributed by atoms with E-state index in [0.29, 0.717) is 0 Å². The quantitative estimate of drug-likeness (QED) is 0.727. The lowest BCUT2D eigenvalue weighted by molar-refractivity contribution is 0.171. The summed E-state index contributed by atoms with van der Waals surface area (Å²) in [6.45, 7) is 2.70. The Balaban J connectivity index is 0.000000220. The Hall–Kier alpha value is -1.25. The predicted molar refractivity (Wildman–Crippen MR) is 88.8 cm³/mol. The number of thiophene rings is 1. The average molecular weight is 343 g/mol. The molecule has 0 radical (unpaired) electrons. The third kappa shape index (κ3) is 6.67. The smallest absolute Gasteiger partial charge is 0.294 e. The van der Waals surface area contributed by atoms with E-state index in [9.17, 15) is 13.5 Å². The highest BCUT2D eigenvalue weighted by atomic mass is 32.2. The van der Waals surface area contributed by atoms with Crippen molar-refractivity contribution >= 4 is 21.5 Å². The van der Waals surface area contributed by atoms with Gasteiger partial charge in [0.1, 0.15) is 0 Å². The van der Waals surface area contributed by atoms with Crippen molar-refractivity contribution < 1.29 is 18.1 Å². The Kier molecular flexibility index (Phi) is 7.70. The van der Waals surface area contributed by atoms with Crippen molar-refractivity contribution in [2.45, 2.75) is 24.3 Å². The fourth-order valence-corrected chi connectivity index (χ4v) is 2.84. The number of nitrogens with one attached hydrogen (secondary N) is 1. The molecule has 1 atom stereocenters. The van der Waals surface area contributed by atoms with Gasteiger partial charge in [-0.05, 0) is 50.5 Å². The minimum atomic E-state index is -4.02. The first kappa shape index (κ1) is 18.8. The molecule has 1 aromatic heterocycles. The van der Waals surface area contributed by atoms with Gasteiger partial charge in [-0.2, -0.15) is 8.42 Å². The Morgan fingerprint density at radius 1 is 1.23 bits per heavy atom. The first-order chi connectivity index (χ1) is 10.3. The lowest BCUT2D eigenvalue weighted by Gasteiger charge is -2.06. The molecule has 0 spiro atoms. The summed E-state index contributed by atoms with van der Waals surface area (Å²) in [5.41, 5.74) is 0.956. The van der Waals surface area contributed by atoms with Crippen LogP contribution in [-0.2, 0) is 10.1 Å². The van der Waals surface area contributed by atoms with Crippen molar-refractivity contribution in [2.24, 2.45) is 0 Å². The van der Waals surface area contributed by atoms with Gasteiger partial charge in [0.15, 0.2) is 0 Å². The number of hydrogen-bond donors (Lipinski definition) is 3. The third-order valence-electron chi connectivity index (χ3n) is 2.86. The van der Waals surface area contributed by atoms with Crippen molar-refractivity contribution in [2.75, 3.05) is 13.6 Å². The average Bonchev–Trinajstić information content (AvgIpc) is 2.99. The topological polar surface area (TPSA) is 86.6 Å².